The van der Waals surface area contributed by atoms with Gasteiger partial charge in [-0.25, -0.2) is 4.39 Å². The van der Waals surface area contributed by atoms with Crippen molar-refractivity contribution in [2.45, 2.75) is 24.8 Å². The first-order valence-electron chi connectivity index (χ1n) is 11.4. The van der Waals surface area contributed by atoms with Crippen molar-refractivity contribution >= 4 is 46.4 Å². The van der Waals surface area contributed by atoms with Crippen LogP contribution >= 0.6 is 12.2 Å². The fourth-order valence-electron chi connectivity index (χ4n) is 5.99. The molecule has 0 saturated carbocycles. The Morgan fingerprint density at radius 1 is 1.11 bits per heavy atom. The van der Waals surface area contributed by atoms with Crippen LogP contribution in [0.1, 0.15) is 23.6 Å². The lowest BCUT2D eigenvalue weighted by Gasteiger charge is -2.41. The van der Waals surface area contributed by atoms with E-state index in [9.17, 15) is 29.3 Å². The molecule has 9 nitrogen and oxygen atoms in total. The van der Waals surface area contributed by atoms with Crippen molar-refractivity contribution in [3.8, 4) is 12.1 Å². The minimum Gasteiger partial charge on any atom is -0.465 e. The second-order valence-electron chi connectivity index (χ2n) is 9.17. The molecular formula is C26H20FN5O4S. The van der Waals surface area contributed by atoms with Crippen molar-refractivity contribution in [1.29, 1.82) is 10.5 Å². The van der Waals surface area contributed by atoms with Crippen LogP contribution in [0.5, 0.6) is 0 Å². The Bertz CT molecular complexity index is 1510. The zero-order chi connectivity index (χ0) is 26.9. The second kappa shape index (κ2) is 7.82. The molecule has 1 N–H and O–H groups in total. The summed E-state index contributed by atoms with van der Waals surface area (Å²) in [6, 6.07) is 12.4. The van der Waals surface area contributed by atoms with Gasteiger partial charge in [-0.05, 0) is 38.1 Å². The van der Waals surface area contributed by atoms with Gasteiger partial charge >= 0.3 is 5.97 Å². The van der Waals surface area contributed by atoms with Crippen LogP contribution in [0.3, 0.4) is 0 Å². The molecule has 0 aromatic heterocycles. The molecule has 3 aliphatic heterocycles. The number of anilines is 2. The molecule has 11 heteroatoms. The number of carbonyl (C=O) groups excluding carboxylic acids is 3. The first-order valence-corrected chi connectivity index (χ1v) is 11.8. The van der Waals surface area contributed by atoms with Gasteiger partial charge in [0.1, 0.15) is 17.4 Å². The zero-order valence-electron chi connectivity index (χ0n) is 20.1. The van der Waals surface area contributed by atoms with Crippen LogP contribution in [0.2, 0.25) is 0 Å². The molecule has 2 atom stereocenters. The summed E-state index contributed by atoms with van der Waals surface area (Å²) in [6.45, 7) is 2.86. The molecule has 2 amide bonds. The van der Waals surface area contributed by atoms with Gasteiger partial charge in [-0.2, -0.15) is 10.5 Å². The van der Waals surface area contributed by atoms with E-state index in [-0.39, 0.29) is 22.8 Å². The molecule has 2 spiro atoms. The smallest absolute Gasteiger partial charge is 0.326 e. The number of rotatable bonds is 3. The molecular weight excluding hydrogens is 497 g/mol. The van der Waals surface area contributed by atoms with Gasteiger partial charge in [0.2, 0.25) is 11.3 Å². The summed E-state index contributed by atoms with van der Waals surface area (Å²) in [5, 5.41) is 23.9. The third-order valence-electron chi connectivity index (χ3n) is 7.46. The fraction of sp³-hybridized carbons (Fsp3) is 0.308. The summed E-state index contributed by atoms with van der Waals surface area (Å²) in [5.74, 6) is -3.07. The number of aryl methyl sites for hydroxylation is 1. The number of amides is 2. The zero-order valence-corrected chi connectivity index (χ0v) is 20.9. The van der Waals surface area contributed by atoms with E-state index in [1.807, 2.05) is 12.1 Å². The molecule has 3 heterocycles. The Morgan fingerprint density at radius 3 is 2.43 bits per heavy atom. The molecule has 0 radical (unpaired) electrons. The summed E-state index contributed by atoms with van der Waals surface area (Å²) < 4.78 is 19.9. The quantitative estimate of drug-likeness (QED) is 0.485. The van der Waals surface area contributed by atoms with E-state index in [1.54, 1.807) is 32.0 Å². The summed E-state index contributed by atoms with van der Waals surface area (Å²) in [7, 11) is 1.50. The highest BCUT2D eigenvalue weighted by molar-refractivity contribution is 7.80. The monoisotopic (exact) mass is 517 g/mol. The highest BCUT2D eigenvalue weighted by atomic mass is 32.1. The van der Waals surface area contributed by atoms with E-state index < -0.39 is 46.5 Å². The minimum absolute atomic E-state index is 0.0497. The largest absolute Gasteiger partial charge is 0.465 e. The number of halogens is 1. The lowest BCUT2D eigenvalue weighted by molar-refractivity contribution is -0.143. The third kappa shape index (κ3) is 2.59. The molecule has 1 saturated heterocycles. The Hall–Kier alpha value is -4.35. The first-order chi connectivity index (χ1) is 17.6. The average molecular weight is 518 g/mol. The highest BCUT2D eigenvalue weighted by Crippen LogP contribution is 2.67. The van der Waals surface area contributed by atoms with Crippen LogP contribution in [0.25, 0.3) is 0 Å². The predicted octanol–water partition coefficient (Wildman–Crippen LogP) is 2.12. The maximum Gasteiger partial charge on any atom is 0.326 e. The first kappa shape index (κ1) is 24.3. The standard InChI is InChI=1S/C26H20FN5O4S/c1-4-36-20(33)11-32-19-8-6-15(27)10-16(19)25(22(32)34)24(12-28,13-29)21(37)30-26(25)17-9-14(2)5-7-18(17)31(3)23(26)35/h5-10H,4,11H2,1-3H3,(H,30,37)/t25-,26+/m0/s1. The van der Waals surface area contributed by atoms with Crippen molar-refractivity contribution in [2.75, 3.05) is 30.0 Å². The number of ether oxygens (including phenoxy) is 1. The molecule has 1 fully saturated rings. The van der Waals surface area contributed by atoms with Crippen LogP contribution in [0.15, 0.2) is 36.4 Å². The van der Waals surface area contributed by atoms with Crippen molar-refractivity contribution < 1.29 is 23.5 Å². The molecule has 2 aromatic rings. The number of esters is 1. The van der Waals surface area contributed by atoms with Gasteiger partial charge in [0.25, 0.3) is 5.91 Å². The Balaban J connectivity index is 1.95. The van der Waals surface area contributed by atoms with Crippen LogP contribution in [0.4, 0.5) is 15.8 Å². The lowest BCUT2D eigenvalue weighted by atomic mass is 9.53. The van der Waals surface area contributed by atoms with Gasteiger partial charge in [-0.15, -0.1) is 0 Å². The summed E-state index contributed by atoms with van der Waals surface area (Å²) >= 11 is 5.52. The number of nitriles is 2. The Kier molecular flexibility index (Phi) is 5.15. The van der Waals surface area contributed by atoms with Crippen LogP contribution in [-0.2, 0) is 30.1 Å². The molecule has 0 bridgehead atoms. The van der Waals surface area contributed by atoms with Crippen molar-refractivity contribution in [3.05, 3.63) is 58.9 Å². The summed E-state index contributed by atoms with van der Waals surface area (Å²) in [6.07, 6.45) is 0. The van der Waals surface area contributed by atoms with E-state index in [2.05, 4.69) is 5.32 Å². The van der Waals surface area contributed by atoms with Crippen molar-refractivity contribution in [2.24, 2.45) is 5.41 Å². The molecule has 0 aliphatic carbocycles. The summed E-state index contributed by atoms with van der Waals surface area (Å²) in [4.78, 5) is 43.4. The number of hydrogen-bond donors (Lipinski definition) is 1. The lowest BCUT2D eigenvalue weighted by Crippen LogP contribution is -2.65. The average Bonchev–Trinajstić information content (AvgIpc) is 3.34. The van der Waals surface area contributed by atoms with Crippen LogP contribution < -0.4 is 15.1 Å². The van der Waals surface area contributed by atoms with Gasteiger partial charge in [0.15, 0.2) is 11.0 Å². The Labute approximate surface area is 217 Å². The van der Waals surface area contributed by atoms with E-state index in [0.29, 0.717) is 11.3 Å². The van der Waals surface area contributed by atoms with Gasteiger partial charge in [-0.1, -0.05) is 29.9 Å². The van der Waals surface area contributed by atoms with Gasteiger partial charge in [0, 0.05) is 29.5 Å². The number of benzene rings is 2. The SMILES string of the molecule is CCOC(=O)CN1C(=O)[C@@]2(c3cc(F)ccc31)C(C#N)(C#N)C(=S)N[C@]21C(=O)N(C)c2ccc(C)cc21. The minimum atomic E-state index is -2.41. The topological polar surface area (TPSA) is 127 Å². The van der Waals surface area contributed by atoms with Crippen LogP contribution in [0, 0.1) is 40.8 Å². The highest BCUT2D eigenvalue weighted by Gasteiger charge is 2.84. The van der Waals surface area contributed by atoms with Crippen molar-refractivity contribution in [1.82, 2.24) is 5.32 Å². The Morgan fingerprint density at radius 2 is 1.78 bits per heavy atom. The number of likely N-dealkylation sites (N-methyl/N-ethyl adjacent to an activating group) is 1. The molecule has 3 aliphatic rings. The van der Waals surface area contributed by atoms with Crippen molar-refractivity contribution in [3.63, 3.8) is 0 Å². The fourth-order valence-corrected chi connectivity index (χ4v) is 6.39. The third-order valence-corrected chi connectivity index (χ3v) is 7.87. The summed E-state index contributed by atoms with van der Waals surface area (Å²) in [5.41, 5.74) is -5.34. The van der Waals surface area contributed by atoms with E-state index in [0.717, 1.165) is 22.6 Å². The normalized spacial score (nSPS) is 24.6. The molecule has 37 heavy (non-hydrogen) atoms. The molecule has 2 aromatic carbocycles. The molecule has 5 rings (SSSR count). The van der Waals surface area contributed by atoms with Gasteiger partial charge in [-0.3, -0.25) is 19.3 Å². The van der Waals surface area contributed by atoms with Gasteiger partial charge < -0.3 is 15.0 Å². The number of fused-ring (bicyclic) bond motifs is 5. The number of hydrogen-bond acceptors (Lipinski definition) is 7. The number of nitrogens with zero attached hydrogens (tertiary/aromatic N) is 4. The number of thiocarbonyl (C=S) groups is 1. The van der Waals surface area contributed by atoms with E-state index in [1.165, 1.54) is 18.0 Å². The number of carbonyl (C=O) groups is 3. The van der Waals surface area contributed by atoms with E-state index >= 15 is 0 Å². The number of nitrogens with one attached hydrogen (secondary N) is 1. The maximum atomic E-state index is 14.9. The molecule has 186 valence electrons. The van der Waals surface area contributed by atoms with E-state index in [4.69, 9.17) is 17.0 Å². The second-order valence-corrected chi connectivity index (χ2v) is 9.58. The van der Waals surface area contributed by atoms with Gasteiger partial charge in [0.05, 0.1) is 18.7 Å². The predicted molar refractivity (Wildman–Crippen MR) is 133 cm³/mol. The van der Waals surface area contributed by atoms with Crippen LogP contribution in [-0.4, -0.2) is 43.0 Å². The maximum absolute atomic E-state index is 14.9. The molecule has 0 unspecified atom stereocenters.